The molecule has 7 nitrogen and oxygen atoms in total. The van der Waals surface area contributed by atoms with Gasteiger partial charge >= 0.3 is 0 Å². The number of hydrogen-bond acceptors (Lipinski definition) is 7. The van der Waals surface area contributed by atoms with Crippen LogP contribution in [0.1, 0.15) is 39.6 Å². The van der Waals surface area contributed by atoms with Crippen molar-refractivity contribution in [2.24, 2.45) is 5.41 Å². The van der Waals surface area contributed by atoms with Gasteiger partial charge in [0.1, 0.15) is 0 Å². The molecule has 1 aromatic carbocycles. The molecule has 1 rings (SSSR count). The number of hydrogen-bond donors (Lipinski definition) is 3. The molecule has 0 aliphatic heterocycles. The van der Waals surface area contributed by atoms with Gasteiger partial charge in [-0.05, 0) is 25.0 Å². The predicted octanol–water partition coefficient (Wildman–Crippen LogP) is 0.997. The number of aldehydes is 2. The lowest BCUT2D eigenvalue weighted by Crippen LogP contribution is -2.32. The van der Waals surface area contributed by atoms with Gasteiger partial charge in [-0.1, -0.05) is 6.92 Å². The third-order valence-corrected chi connectivity index (χ3v) is 3.92. The van der Waals surface area contributed by atoms with Gasteiger partial charge in [-0.25, -0.2) is 0 Å². The van der Waals surface area contributed by atoms with Crippen LogP contribution in [-0.2, 0) is 0 Å². The van der Waals surface area contributed by atoms with E-state index in [1.165, 1.54) is 14.2 Å². The Hall–Kier alpha value is -1.96. The number of benzene rings is 1. The summed E-state index contributed by atoms with van der Waals surface area (Å²) in [6, 6.07) is 1.60. The molecule has 0 unspecified atom stereocenters. The second kappa shape index (κ2) is 10.7. The fourth-order valence-electron chi connectivity index (χ4n) is 1.94. The Morgan fingerprint density at radius 2 is 1.50 bits per heavy atom. The molecule has 3 N–H and O–H groups in total. The van der Waals surface area contributed by atoms with Crippen LogP contribution in [0.25, 0.3) is 0 Å². The molecule has 0 fully saturated rings. The van der Waals surface area contributed by atoms with Gasteiger partial charge in [0, 0.05) is 5.41 Å². The molecule has 24 heavy (non-hydrogen) atoms. The van der Waals surface area contributed by atoms with Crippen molar-refractivity contribution in [1.82, 2.24) is 0 Å². The Balaban J connectivity index is 0.000000506. The Labute approximate surface area is 141 Å². The van der Waals surface area contributed by atoms with E-state index in [-0.39, 0.29) is 19.8 Å². The minimum atomic E-state index is -0.667. The minimum absolute atomic E-state index is 0.156. The lowest BCUT2D eigenvalue weighted by atomic mass is 9.88. The van der Waals surface area contributed by atoms with Gasteiger partial charge in [0.2, 0.25) is 0 Å². The molecule has 7 heteroatoms. The van der Waals surface area contributed by atoms with Crippen molar-refractivity contribution in [3.63, 3.8) is 0 Å². The van der Waals surface area contributed by atoms with Crippen LogP contribution in [0.2, 0.25) is 0 Å². The number of aliphatic hydroxyl groups excluding tert-OH is 3. The fourth-order valence-corrected chi connectivity index (χ4v) is 1.94. The highest BCUT2D eigenvalue weighted by atomic mass is 16.5. The molecule has 136 valence electrons. The lowest BCUT2D eigenvalue weighted by molar-refractivity contribution is 0.00304. The smallest absolute Gasteiger partial charge is 0.172 e. The van der Waals surface area contributed by atoms with Crippen molar-refractivity contribution < 1.29 is 34.4 Å². The summed E-state index contributed by atoms with van der Waals surface area (Å²) in [5.74, 6) is 0.592. The van der Waals surface area contributed by atoms with E-state index in [1.807, 2.05) is 6.92 Å². The minimum Gasteiger partial charge on any atom is -0.492 e. The zero-order chi connectivity index (χ0) is 18.8. The van der Waals surface area contributed by atoms with Gasteiger partial charge < -0.3 is 24.8 Å². The molecule has 0 aliphatic carbocycles. The number of carbonyl (C=O) groups excluding carboxylic acids is 2. The molecule has 0 saturated carbocycles. The van der Waals surface area contributed by atoms with Crippen molar-refractivity contribution in [3.05, 3.63) is 22.8 Å². The maximum absolute atomic E-state index is 10.9. The topological polar surface area (TPSA) is 113 Å². The van der Waals surface area contributed by atoms with E-state index in [1.54, 1.807) is 13.0 Å². The second-order valence-electron chi connectivity index (χ2n) is 5.33. The maximum Gasteiger partial charge on any atom is 0.172 e. The van der Waals surface area contributed by atoms with Crippen LogP contribution < -0.4 is 9.47 Å². The maximum atomic E-state index is 10.9. The zero-order valence-electron chi connectivity index (χ0n) is 14.5. The highest BCUT2D eigenvalue weighted by Crippen LogP contribution is 2.35. The third-order valence-electron chi connectivity index (χ3n) is 3.92. The van der Waals surface area contributed by atoms with Crippen LogP contribution in [0.3, 0.4) is 0 Å². The third kappa shape index (κ3) is 5.02. The molecule has 0 saturated heterocycles. The average Bonchev–Trinajstić information content (AvgIpc) is 2.63. The molecule has 0 amide bonds. The summed E-state index contributed by atoms with van der Waals surface area (Å²) >= 11 is 0. The van der Waals surface area contributed by atoms with Gasteiger partial charge in [0.05, 0.1) is 45.2 Å². The number of aliphatic hydroxyl groups is 3. The number of rotatable bonds is 8. The molecular weight excluding hydrogens is 316 g/mol. The summed E-state index contributed by atoms with van der Waals surface area (Å²) in [4.78, 5) is 21.6. The first-order valence-corrected chi connectivity index (χ1v) is 7.42. The van der Waals surface area contributed by atoms with Crippen molar-refractivity contribution in [1.29, 1.82) is 0 Å². The van der Waals surface area contributed by atoms with Gasteiger partial charge in [0.25, 0.3) is 0 Å². The molecular formula is C17H26O7. The van der Waals surface area contributed by atoms with Crippen molar-refractivity contribution in [2.75, 3.05) is 34.0 Å². The first kappa shape index (κ1) is 22.0. The van der Waals surface area contributed by atoms with Crippen LogP contribution >= 0.6 is 0 Å². The number of carbonyl (C=O) groups is 2. The molecule has 0 spiro atoms. The van der Waals surface area contributed by atoms with Crippen molar-refractivity contribution >= 4 is 12.6 Å². The SMILES string of the molecule is CCC(CO)(CO)CO.COc1c(C=O)cc(C)c(C=O)c1OC. The summed E-state index contributed by atoms with van der Waals surface area (Å²) in [6.07, 6.45) is 1.95. The van der Waals surface area contributed by atoms with E-state index in [0.29, 0.717) is 47.2 Å². The predicted molar refractivity (Wildman–Crippen MR) is 89.0 cm³/mol. The summed E-state index contributed by atoms with van der Waals surface area (Å²) in [7, 11) is 2.85. The van der Waals surface area contributed by atoms with Crippen LogP contribution in [-0.4, -0.2) is 61.9 Å². The van der Waals surface area contributed by atoms with E-state index < -0.39 is 5.41 Å². The fraction of sp³-hybridized carbons (Fsp3) is 0.529. The van der Waals surface area contributed by atoms with E-state index in [9.17, 15) is 9.59 Å². The Kier molecular flexibility index (Phi) is 9.87. The quantitative estimate of drug-likeness (QED) is 0.604. The van der Waals surface area contributed by atoms with Gasteiger partial charge in [-0.15, -0.1) is 0 Å². The van der Waals surface area contributed by atoms with E-state index in [2.05, 4.69) is 0 Å². The zero-order valence-corrected chi connectivity index (χ0v) is 14.5. The Morgan fingerprint density at radius 1 is 1.00 bits per heavy atom. The Bertz CT molecular complexity index is 519. The summed E-state index contributed by atoms with van der Waals surface area (Å²) in [5.41, 5.74) is 0.794. The highest BCUT2D eigenvalue weighted by molar-refractivity contribution is 5.90. The van der Waals surface area contributed by atoms with E-state index in [4.69, 9.17) is 24.8 Å². The summed E-state index contributed by atoms with van der Waals surface area (Å²) in [5, 5.41) is 26.0. The molecule has 0 aromatic heterocycles. The van der Waals surface area contributed by atoms with Gasteiger partial charge in [-0.3, -0.25) is 9.59 Å². The van der Waals surface area contributed by atoms with Crippen LogP contribution in [0.5, 0.6) is 11.5 Å². The summed E-state index contributed by atoms with van der Waals surface area (Å²) in [6.45, 7) is 3.09. The highest BCUT2D eigenvalue weighted by Gasteiger charge is 2.24. The van der Waals surface area contributed by atoms with Gasteiger partial charge in [0.15, 0.2) is 24.1 Å². The second-order valence-corrected chi connectivity index (χ2v) is 5.33. The van der Waals surface area contributed by atoms with Crippen molar-refractivity contribution in [3.8, 4) is 11.5 Å². The standard InChI is InChI=1S/C11H12O4.C6H14O3/c1-7-4-8(5-12)10(14-2)11(15-3)9(7)6-13;1-2-6(3-7,4-8)5-9/h4-6H,1-3H3;7-9H,2-5H2,1H3. The number of aryl methyl sites for hydroxylation is 1. The lowest BCUT2D eigenvalue weighted by Gasteiger charge is -2.24. The molecule has 1 aromatic rings. The molecule has 0 atom stereocenters. The first-order valence-electron chi connectivity index (χ1n) is 7.42. The van der Waals surface area contributed by atoms with Crippen LogP contribution in [0.4, 0.5) is 0 Å². The monoisotopic (exact) mass is 342 g/mol. The van der Waals surface area contributed by atoms with E-state index >= 15 is 0 Å². The van der Waals surface area contributed by atoms with Crippen LogP contribution in [0, 0.1) is 12.3 Å². The van der Waals surface area contributed by atoms with E-state index in [0.717, 1.165) is 0 Å². The molecule has 0 aliphatic rings. The first-order chi connectivity index (χ1) is 11.4. The molecule has 0 radical (unpaired) electrons. The Morgan fingerprint density at radius 3 is 1.75 bits per heavy atom. The van der Waals surface area contributed by atoms with Gasteiger partial charge in [-0.2, -0.15) is 0 Å². The van der Waals surface area contributed by atoms with Crippen molar-refractivity contribution in [2.45, 2.75) is 20.3 Å². The average molecular weight is 342 g/mol. The largest absolute Gasteiger partial charge is 0.492 e. The summed E-state index contributed by atoms with van der Waals surface area (Å²) < 4.78 is 10.1. The number of ether oxygens (including phenoxy) is 2. The molecule has 0 bridgehead atoms. The normalized spacial score (nSPS) is 10.5. The molecule has 0 heterocycles. The number of methoxy groups -OCH3 is 2. The van der Waals surface area contributed by atoms with Crippen LogP contribution in [0.15, 0.2) is 6.07 Å².